The van der Waals surface area contributed by atoms with E-state index < -0.39 is 5.60 Å². The van der Waals surface area contributed by atoms with Gasteiger partial charge >= 0.3 is 0 Å². The predicted octanol–water partition coefficient (Wildman–Crippen LogP) is 4.97. The van der Waals surface area contributed by atoms with Crippen molar-refractivity contribution < 1.29 is 9.90 Å². The molecule has 4 saturated carbocycles. The van der Waals surface area contributed by atoms with E-state index in [0.29, 0.717) is 17.0 Å². The second kappa shape index (κ2) is 6.08. The first-order chi connectivity index (χ1) is 11.4. The molecule has 0 saturated heterocycles. The number of Topliss-reactive ketones (excluding diaryl/α,β-unsaturated/α-hetero) is 1. The Morgan fingerprint density at radius 1 is 1.00 bits per heavy atom. The van der Waals surface area contributed by atoms with E-state index in [1.165, 1.54) is 38.5 Å². The molecule has 0 spiro atoms. The van der Waals surface area contributed by atoms with Crippen molar-refractivity contribution in [1.82, 2.24) is 0 Å². The van der Waals surface area contributed by atoms with E-state index in [1.54, 1.807) is 0 Å². The van der Waals surface area contributed by atoms with Crippen LogP contribution >= 0.6 is 15.9 Å². The maximum absolute atomic E-state index is 12.5. The molecule has 0 amide bonds. The summed E-state index contributed by atoms with van der Waals surface area (Å²) in [6, 6.07) is 0. The molecule has 2 nitrogen and oxygen atoms in total. The van der Waals surface area contributed by atoms with Crippen molar-refractivity contribution in [3.63, 3.8) is 0 Å². The van der Waals surface area contributed by atoms with E-state index in [-0.39, 0.29) is 5.41 Å². The van der Waals surface area contributed by atoms with Crippen molar-refractivity contribution in [3.05, 3.63) is 0 Å². The molecule has 4 fully saturated rings. The van der Waals surface area contributed by atoms with Gasteiger partial charge in [0.15, 0.2) is 0 Å². The molecule has 8 atom stereocenters. The molecule has 2 unspecified atom stereocenters. The second-order valence-corrected chi connectivity index (χ2v) is 10.5. The van der Waals surface area contributed by atoms with Gasteiger partial charge in [-0.15, -0.1) is 0 Å². The van der Waals surface area contributed by atoms with E-state index >= 15 is 0 Å². The van der Waals surface area contributed by atoms with Crippen molar-refractivity contribution in [3.8, 4) is 0 Å². The lowest BCUT2D eigenvalue weighted by molar-refractivity contribution is -0.129. The van der Waals surface area contributed by atoms with Crippen LogP contribution in [0.1, 0.15) is 71.6 Å². The van der Waals surface area contributed by atoms with Gasteiger partial charge in [0.25, 0.3) is 0 Å². The van der Waals surface area contributed by atoms with Crippen molar-refractivity contribution in [2.75, 3.05) is 5.33 Å². The van der Waals surface area contributed by atoms with Gasteiger partial charge < -0.3 is 5.11 Å². The molecule has 24 heavy (non-hydrogen) atoms. The number of alkyl halides is 1. The molecule has 0 heterocycles. The standard InChI is InChI=1S/C21H33BrO2/c1-20(24)9-7-14-13(11-20)3-4-16-15(14)8-10-21(2)17(16)5-6-18(21)19(23)12-22/h13-18,24H,3-12H2,1-2H3/t13?,14?,15-,16-,17+,18-,20-,21+/m1/s1. The van der Waals surface area contributed by atoms with Crippen LogP contribution in [0.4, 0.5) is 0 Å². The zero-order valence-electron chi connectivity index (χ0n) is 15.3. The number of ketones is 1. The van der Waals surface area contributed by atoms with Crippen LogP contribution in [-0.4, -0.2) is 21.8 Å². The number of aliphatic hydroxyl groups is 1. The second-order valence-electron chi connectivity index (χ2n) is 9.95. The van der Waals surface area contributed by atoms with Crippen LogP contribution in [0.2, 0.25) is 0 Å². The van der Waals surface area contributed by atoms with Crippen molar-refractivity contribution in [1.29, 1.82) is 0 Å². The highest BCUT2D eigenvalue weighted by Gasteiger charge is 2.58. The zero-order valence-corrected chi connectivity index (χ0v) is 16.9. The summed E-state index contributed by atoms with van der Waals surface area (Å²) >= 11 is 3.42. The summed E-state index contributed by atoms with van der Waals surface area (Å²) in [5, 5.41) is 11.0. The summed E-state index contributed by atoms with van der Waals surface area (Å²) in [6.07, 6.45) is 10.9. The molecule has 4 rings (SSSR count). The molecule has 1 N–H and O–H groups in total. The van der Waals surface area contributed by atoms with E-state index in [0.717, 1.165) is 48.9 Å². The van der Waals surface area contributed by atoms with Gasteiger partial charge in [-0.1, -0.05) is 22.9 Å². The summed E-state index contributed by atoms with van der Waals surface area (Å²) in [5.41, 5.74) is -0.156. The zero-order chi connectivity index (χ0) is 17.1. The highest BCUT2D eigenvalue weighted by Crippen LogP contribution is 2.64. The Hall–Kier alpha value is 0.110. The van der Waals surface area contributed by atoms with Crippen LogP contribution in [-0.2, 0) is 4.79 Å². The van der Waals surface area contributed by atoms with Gasteiger partial charge in [-0.3, -0.25) is 4.79 Å². The first-order valence-corrected chi connectivity index (χ1v) is 11.3. The molecule has 0 aliphatic heterocycles. The maximum atomic E-state index is 12.5. The maximum Gasteiger partial charge on any atom is 0.147 e. The summed E-state index contributed by atoms with van der Waals surface area (Å²) in [6.45, 7) is 4.48. The number of carbonyl (C=O) groups excluding carboxylic acids is 1. The normalized spacial score (nSPS) is 53.8. The first-order valence-electron chi connectivity index (χ1n) is 10.2. The lowest BCUT2D eigenvalue weighted by Crippen LogP contribution is -2.51. The molecule has 136 valence electrons. The van der Waals surface area contributed by atoms with Crippen LogP contribution in [0.5, 0.6) is 0 Å². The van der Waals surface area contributed by atoms with Gasteiger partial charge in [0.2, 0.25) is 0 Å². The Bertz CT molecular complexity index is 516. The molecule has 0 aromatic heterocycles. The third-order valence-corrected chi connectivity index (χ3v) is 9.31. The number of halogens is 1. The Morgan fingerprint density at radius 3 is 2.50 bits per heavy atom. The van der Waals surface area contributed by atoms with Crippen LogP contribution < -0.4 is 0 Å². The number of carbonyl (C=O) groups is 1. The monoisotopic (exact) mass is 396 g/mol. The average molecular weight is 397 g/mol. The van der Waals surface area contributed by atoms with Gasteiger partial charge in [0.05, 0.1) is 10.9 Å². The summed E-state index contributed by atoms with van der Waals surface area (Å²) in [4.78, 5) is 12.5. The highest BCUT2D eigenvalue weighted by molar-refractivity contribution is 9.09. The fourth-order valence-corrected chi connectivity index (χ4v) is 8.09. The first kappa shape index (κ1) is 17.5. The van der Waals surface area contributed by atoms with E-state index in [2.05, 4.69) is 22.9 Å². The van der Waals surface area contributed by atoms with Gasteiger partial charge in [0, 0.05) is 5.92 Å². The SMILES string of the molecule is C[C@@]1(O)CCC2C(CC[C@@H]3[C@@H]2CC[C@]2(C)[C@@H](C(=O)CBr)CC[C@@H]32)C1. The van der Waals surface area contributed by atoms with Crippen LogP contribution in [0, 0.1) is 40.9 Å². The Morgan fingerprint density at radius 2 is 1.75 bits per heavy atom. The minimum absolute atomic E-state index is 0.263. The Labute approximate surface area is 155 Å². The predicted molar refractivity (Wildman–Crippen MR) is 100 cm³/mol. The fraction of sp³-hybridized carbons (Fsp3) is 0.952. The minimum atomic E-state index is -0.419. The van der Waals surface area contributed by atoms with E-state index in [1.807, 2.05) is 6.92 Å². The van der Waals surface area contributed by atoms with E-state index in [4.69, 9.17) is 0 Å². The van der Waals surface area contributed by atoms with E-state index in [9.17, 15) is 9.90 Å². The molecular formula is C21H33BrO2. The largest absolute Gasteiger partial charge is 0.390 e. The van der Waals surface area contributed by atoms with Crippen molar-refractivity contribution in [2.45, 2.75) is 77.2 Å². The van der Waals surface area contributed by atoms with Gasteiger partial charge in [-0.25, -0.2) is 0 Å². The van der Waals surface area contributed by atoms with Crippen LogP contribution in [0.25, 0.3) is 0 Å². The topological polar surface area (TPSA) is 37.3 Å². The number of hydrogen-bond acceptors (Lipinski definition) is 2. The average Bonchev–Trinajstić information content (AvgIpc) is 2.90. The molecule has 0 aromatic carbocycles. The fourth-order valence-electron chi connectivity index (χ4n) is 7.70. The van der Waals surface area contributed by atoms with Gasteiger partial charge in [0.1, 0.15) is 5.78 Å². The number of fused-ring (bicyclic) bond motifs is 5. The highest BCUT2D eigenvalue weighted by atomic mass is 79.9. The Kier molecular flexibility index (Phi) is 4.44. The molecule has 0 bridgehead atoms. The van der Waals surface area contributed by atoms with Gasteiger partial charge in [-0.2, -0.15) is 0 Å². The number of hydrogen-bond donors (Lipinski definition) is 1. The van der Waals surface area contributed by atoms with Crippen molar-refractivity contribution >= 4 is 21.7 Å². The smallest absolute Gasteiger partial charge is 0.147 e. The quantitative estimate of drug-likeness (QED) is 0.668. The molecule has 0 radical (unpaired) electrons. The lowest BCUT2D eigenvalue weighted by atomic mass is 9.49. The molecule has 4 aliphatic carbocycles. The summed E-state index contributed by atoms with van der Waals surface area (Å²) in [7, 11) is 0. The molecule has 4 aliphatic rings. The van der Waals surface area contributed by atoms with Crippen molar-refractivity contribution in [2.24, 2.45) is 40.9 Å². The molecule has 3 heteroatoms. The number of rotatable bonds is 2. The van der Waals surface area contributed by atoms with Crippen LogP contribution in [0.15, 0.2) is 0 Å². The lowest BCUT2D eigenvalue weighted by Gasteiger charge is -2.56. The minimum Gasteiger partial charge on any atom is -0.390 e. The summed E-state index contributed by atoms with van der Waals surface area (Å²) < 4.78 is 0. The molecule has 0 aromatic rings. The van der Waals surface area contributed by atoms with Gasteiger partial charge in [-0.05, 0) is 99.7 Å². The third-order valence-electron chi connectivity index (χ3n) is 8.76. The van der Waals surface area contributed by atoms with Crippen LogP contribution in [0.3, 0.4) is 0 Å². The third kappa shape index (κ3) is 2.64. The summed E-state index contributed by atoms with van der Waals surface area (Å²) in [5.74, 6) is 4.83. The molecular weight excluding hydrogens is 364 g/mol. The Balaban J connectivity index is 1.54.